The summed E-state index contributed by atoms with van der Waals surface area (Å²) >= 11 is 0. The summed E-state index contributed by atoms with van der Waals surface area (Å²) in [6, 6.07) is 5.81. The van der Waals surface area contributed by atoms with Gasteiger partial charge in [0.1, 0.15) is 5.75 Å². The predicted molar refractivity (Wildman–Crippen MR) is 105 cm³/mol. The fourth-order valence-corrected chi connectivity index (χ4v) is 5.36. The van der Waals surface area contributed by atoms with E-state index in [1.54, 1.807) is 20.3 Å². The van der Waals surface area contributed by atoms with Gasteiger partial charge in [-0.05, 0) is 71.2 Å². The number of methoxy groups -OCH3 is 2. The molecule has 2 aliphatic carbocycles. The van der Waals surface area contributed by atoms with Crippen LogP contribution in [0.5, 0.6) is 17.2 Å². The minimum absolute atomic E-state index is 0.0155. The normalized spacial score (nSPS) is 24.0. The van der Waals surface area contributed by atoms with Crippen molar-refractivity contribution in [2.75, 3.05) is 14.2 Å². The average Bonchev–Trinajstić information content (AvgIpc) is 3.16. The van der Waals surface area contributed by atoms with Gasteiger partial charge < -0.3 is 20.3 Å². The lowest BCUT2D eigenvalue weighted by atomic mass is 9.72. The molecule has 3 atom stereocenters. The molecule has 1 heterocycles. The third kappa shape index (κ3) is 2.31. The Hall–Kier alpha value is -2.53. The quantitative estimate of drug-likeness (QED) is 0.670. The number of nitrogens with two attached hydrogens (primary N) is 1. The fourth-order valence-electron chi connectivity index (χ4n) is 5.36. The summed E-state index contributed by atoms with van der Waals surface area (Å²) in [4.78, 5) is 4.60. The maximum Gasteiger partial charge on any atom is 0.161 e. The lowest BCUT2D eigenvalue weighted by Crippen LogP contribution is -2.31. The van der Waals surface area contributed by atoms with E-state index >= 15 is 0 Å². The number of hydrogen-bond donors (Lipinski definition) is 2. The summed E-state index contributed by atoms with van der Waals surface area (Å²) in [5.41, 5.74) is 10.1. The molecule has 5 nitrogen and oxygen atoms in total. The minimum atomic E-state index is -0.0155. The van der Waals surface area contributed by atoms with Crippen LogP contribution in [0.4, 0.5) is 0 Å². The molecule has 5 rings (SSSR count). The van der Waals surface area contributed by atoms with Gasteiger partial charge in [0.15, 0.2) is 11.5 Å². The Labute approximate surface area is 158 Å². The van der Waals surface area contributed by atoms with Gasteiger partial charge in [-0.2, -0.15) is 0 Å². The number of hydrogen-bond acceptors (Lipinski definition) is 5. The maximum atomic E-state index is 10.1. The first kappa shape index (κ1) is 16.6. The number of rotatable bonds is 2. The summed E-state index contributed by atoms with van der Waals surface area (Å²) < 4.78 is 11.1. The van der Waals surface area contributed by atoms with E-state index in [9.17, 15) is 5.11 Å². The van der Waals surface area contributed by atoms with Crippen molar-refractivity contribution in [2.24, 2.45) is 17.6 Å². The van der Waals surface area contributed by atoms with E-state index in [2.05, 4.69) is 11.1 Å². The van der Waals surface area contributed by atoms with Gasteiger partial charge in [-0.1, -0.05) is 6.42 Å². The summed E-state index contributed by atoms with van der Waals surface area (Å²) in [6.45, 7) is 0. The topological polar surface area (TPSA) is 77.6 Å². The molecule has 140 valence electrons. The Morgan fingerprint density at radius 3 is 2.52 bits per heavy atom. The Morgan fingerprint density at radius 2 is 1.78 bits per heavy atom. The zero-order valence-electron chi connectivity index (χ0n) is 15.7. The van der Waals surface area contributed by atoms with Crippen LogP contribution in [-0.2, 0) is 6.42 Å². The molecule has 1 saturated carbocycles. The molecule has 0 bridgehead atoms. The van der Waals surface area contributed by atoms with Crippen molar-refractivity contribution in [3.05, 3.63) is 35.5 Å². The van der Waals surface area contributed by atoms with Crippen molar-refractivity contribution in [3.63, 3.8) is 0 Å². The van der Waals surface area contributed by atoms with Crippen LogP contribution in [0.3, 0.4) is 0 Å². The summed E-state index contributed by atoms with van der Waals surface area (Å²) in [7, 11) is 3.29. The van der Waals surface area contributed by atoms with Crippen LogP contribution < -0.4 is 15.2 Å². The third-order valence-electron chi connectivity index (χ3n) is 6.57. The van der Waals surface area contributed by atoms with E-state index < -0.39 is 0 Å². The van der Waals surface area contributed by atoms with Crippen LogP contribution in [0.25, 0.3) is 21.7 Å². The number of aromatic hydroxyl groups is 1. The number of aromatic nitrogens is 1. The Bertz CT molecular complexity index is 1060. The molecule has 5 heteroatoms. The highest BCUT2D eigenvalue weighted by atomic mass is 16.5. The zero-order chi connectivity index (χ0) is 18.7. The summed E-state index contributed by atoms with van der Waals surface area (Å²) in [6.07, 6.45) is 6.22. The Morgan fingerprint density at radius 1 is 1.04 bits per heavy atom. The standard InChI is InChI=1S/C22H24N2O3/c1-26-18-8-14-15(9-19(18)27-2)17-7-12(25)10-24-22(17)20-16(14)6-11-4-3-5-13(11)21(20)23/h7-11,13,21,25H,3-6,23H2,1-2H3. The SMILES string of the molecule is COc1cc2c3c(c4ncc(O)cc4c2cc1OC)C(N)C1CCCC1C3. The van der Waals surface area contributed by atoms with Crippen molar-refractivity contribution in [1.29, 1.82) is 0 Å². The van der Waals surface area contributed by atoms with Crippen LogP contribution in [0.15, 0.2) is 24.4 Å². The molecule has 3 unspecified atom stereocenters. The van der Waals surface area contributed by atoms with E-state index in [4.69, 9.17) is 15.2 Å². The van der Waals surface area contributed by atoms with Gasteiger partial charge >= 0.3 is 0 Å². The van der Waals surface area contributed by atoms with Gasteiger partial charge in [0.2, 0.25) is 0 Å². The molecule has 2 aromatic carbocycles. The molecule has 3 N–H and O–H groups in total. The van der Waals surface area contributed by atoms with E-state index in [0.29, 0.717) is 23.3 Å². The van der Waals surface area contributed by atoms with Crippen molar-refractivity contribution in [1.82, 2.24) is 4.98 Å². The van der Waals surface area contributed by atoms with E-state index in [0.717, 1.165) is 33.7 Å². The zero-order valence-corrected chi connectivity index (χ0v) is 15.7. The largest absolute Gasteiger partial charge is 0.506 e. The predicted octanol–water partition coefficient (Wildman–Crippen LogP) is 4.08. The number of benzene rings is 2. The Kier molecular flexibility index (Phi) is 3.69. The molecule has 3 aromatic rings. The molecule has 0 radical (unpaired) electrons. The van der Waals surface area contributed by atoms with E-state index in [1.807, 2.05) is 6.07 Å². The first-order valence-electron chi connectivity index (χ1n) is 9.57. The van der Waals surface area contributed by atoms with E-state index in [-0.39, 0.29) is 11.8 Å². The van der Waals surface area contributed by atoms with Crippen LogP contribution in [0, 0.1) is 11.8 Å². The van der Waals surface area contributed by atoms with Crippen molar-refractivity contribution in [2.45, 2.75) is 31.7 Å². The van der Waals surface area contributed by atoms with Gasteiger partial charge in [-0.3, -0.25) is 4.98 Å². The molecular formula is C22H24N2O3. The molecule has 1 fully saturated rings. The highest BCUT2D eigenvalue weighted by molar-refractivity contribution is 6.11. The molecule has 0 amide bonds. The maximum absolute atomic E-state index is 10.1. The summed E-state index contributed by atoms with van der Waals surface area (Å²) in [5, 5.41) is 13.2. The van der Waals surface area contributed by atoms with Crippen LogP contribution in [-0.4, -0.2) is 24.3 Å². The number of ether oxygens (including phenoxy) is 2. The summed E-state index contributed by atoms with van der Waals surface area (Å²) in [5.74, 6) is 2.70. The molecule has 0 aliphatic heterocycles. The monoisotopic (exact) mass is 364 g/mol. The lowest BCUT2D eigenvalue weighted by molar-refractivity contribution is 0.306. The molecular weight excluding hydrogens is 340 g/mol. The average molecular weight is 364 g/mol. The lowest BCUT2D eigenvalue weighted by Gasteiger charge is -2.35. The number of fused-ring (bicyclic) bond motifs is 7. The smallest absolute Gasteiger partial charge is 0.161 e. The van der Waals surface area contributed by atoms with Crippen LogP contribution >= 0.6 is 0 Å². The molecule has 27 heavy (non-hydrogen) atoms. The second kappa shape index (κ2) is 5.99. The van der Waals surface area contributed by atoms with Gasteiger partial charge in [0.25, 0.3) is 0 Å². The Balaban J connectivity index is 1.93. The van der Waals surface area contributed by atoms with Crippen LogP contribution in [0.2, 0.25) is 0 Å². The molecule has 2 aliphatic rings. The van der Waals surface area contributed by atoms with Crippen LogP contribution in [0.1, 0.15) is 36.4 Å². The molecule has 1 aromatic heterocycles. The second-order valence-electron chi connectivity index (χ2n) is 7.82. The molecule has 0 saturated heterocycles. The van der Waals surface area contributed by atoms with Gasteiger partial charge in [0.05, 0.1) is 25.9 Å². The van der Waals surface area contributed by atoms with E-state index in [1.165, 1.54) is 31.0 Å². The van der Waals surface area contributed by atoms with Crippen molar-refractivity contribution < 1.29 is 14.6 Å². The van der Waals surface area contributed by atoms with Crippen molar-refractivity contribution >= 4 is 21.7 Å². The number of pyridine rings is 1. The van der Waals surface area contributed by atoms with Gasteiger partial charge in [-0.15, -0.1) is 0 Å². The first-order chi connectivity index (χ1) is 13.1. The second-order valence-corrected chi connectivity index (χ2v) is 7.82. The molecule has 0 spiro atoms. The van der Waals surface area contributed by atoms with Crippen molar-refractivity contribution in [3.8, 4) is 17.2 Å². The third-order valence-corrected chi connectivity index (χ3v) is 6.57. The van der Waals surface area contributed by atoms with Gasteiger partial charge in [-0.25, -0.2) is 0 Å². The fraction of sp³-hybridized carbons (Fsp3) is 0.409. The highest BCUT2D eigenvalue weighted by Crippen LogP contribution is 2.51. The number of nitrogens with zero attached hydrogens (tertiary/aromatic N) is 1. The first-order valence-corrected chi connectivity index (χ1v) is 9.57. The van der Waals surface area contributed by atoms with Gasteiger partial charge in [0, 0.05) is 11.4 Å². The highest BCUT2D eigenvalue weighted by Gasteiger charge is 2.40. The minimum Gasteiger partial charge on any atom is -0.506 e.